The summed E-state index contributed by atoms with van der Waals surface area (Å²) in [5.41, 5.74) is 0.943. The summed E-state index contributed by atoms with van der Waals surface area (Å²) in [4.78, 5) is 32.9. The van der Waals surface area contributed by atoms with Crippen molar-refractivity contribution in [3.8, 4) is 0 Å². The molecular weight excluding hydrogens is 443 g/mol. The Morgan fingerprint density at radius 1 is 1.41 bits per heavy atom. The molecular formula is C17H20Cl2N4O5S. The molecule has 9 nitrogen and oxygen atoms in total. The molecule has 3 rings (SSSR count). The van der Waals surface area contributed by atoms with Crippen LogP contribution in [0.5, 0.6) is 0 Å². The summed E-state index contributed by atoms with van der Waals surface area (Å²) < 4.78 is 5.55. The summed E-state index contributed by atoms with van der Waals surface area (Å²) in [6.45, 7) is 2.20. The van der Waals surface area contributed by atoms with Crippen molar-refractivity contribution in [3.05, 3.63) is 32.0 Å². The van der Waals surface area contributed by atoms with E-state index in [0.29, 0.717) is 35.4 Å². The summed E-state index contributed by atoms with van der Waals surface area (Å²) >= 11 is 13.2. The molecule has 0 unspecified atom stereocenters. The van der Waals surface area contributed by atoms with Gasteiger partial charge in [-0.25, -0.2) is 9.78 Å². The number of nitrogens with one attached hydrogen (secondary N) is 2. The van der Waals surface area contributed by atoms with E-state index in [2.05, 4.69) is 15.3 Å². The Kier molecular flexibility index (Phi) is 6.69. The van der Waals surface area contributed by atoms with Gasteiger partial charge in [-0.2, -0.15) is 0 Å². The molecule has 2 aromatic rings. The highest BCUT2D eigenvalue weighted by Crippen LogP contribution is 2.31. The van der Waals surface area contributed by atoms with Crippen LogP contribution in [0.15, 0.2) is 0 Å². The number of aryl methyl sites for hydroxylation is 1. The van der Waals surface area contributed by atoms with Crippen LogP contribution in [0.1, 0.15) is 38.0 Å². The van der Waals surface area contributed by atoms with Crippen LogP contribution in [0.3, 0.4) is 0 Å². The molecule has 2 aromatic heterocycles. The average molecular weight is 463 g/mol. The van der Waals surface area contributed by atoms with Gasteiger partial charge >= 0.3 is 5.97 Å². The number of carbonyl (C=O) groups is 2. The van der Waals surface area contributed by atoms with Gasteiger partial charge in [-0.05, 0) is 13.3 Å². The molecule has 0 aliphatic carbocycles. The zero-order valence-electron chi connectivity index (χ0n) is 15.7. The predicted octanol–water partition coefficient (Wildman–Crippen LogP) is 2.30. The van der Waals surface area contributed by atoms with Crippen molar-refractivity contribution in [3.63, 3.8) is 0 Å². The standard InChI is InChI=1S/C17H20Cl2N4O5S/c1-7-11(18)12(19)13(20-7)15(25)21-8-3-4-23(5-10(8)28-2)17-22-9(6-24)14(29-17)16(26)27/h8,10,20,24H,3-6H2,1-2H3,(H,21,25)(H,26,27)/t8-,10+/m1/s1. The number of halogens is 2. The molecule has 0 saturated carbocycles. The maximum Gasteiger partial charge on any atom is 0.347 e. The Bertz CT molecular complexity index is 931. The SMILES string of the molecule is CO[C@H]1CN(c2nc(CO)c(C(=O)O)s2)CC[C@H]1NC(=O)c1[nH]c(C)c(Cl)c1Cl. The third-order valence-electron chi connectivity index (χ3n) is 4.76. The van der Waals surface area contributed by atoms with Gasteiger partial charge in [-0.3, -0.25) is 4.79 Å². The number of aromatic carboxylic acids is 1. The van der Waals surface area contributed by atoms with Crippen LogP contribution in [0.2, 0.25) is 10.0 Å². The zero-order valence-corrected chi connectivity index (χ0v) is 18.0. The second-order valence-corrected chi connectivity index (χ2v) is 8.31. The van der Waals surface area contributed by atoms with Crippen molar-refractivity contribution in [2.24, 2.45) is 0 Å². The number of carboxylic acids is 1. The highest BCUT2D eigenvalue weighted by Gasteiger charge is 2.33. The normalized spacial score (nSPS) is 19.4. The molecule has 0 radical (unpaired) electrons. The Hall–Kier alpha value is -1.85. The van der Waals surface area contributed by atoms with Gasteiger partial charge in [0.15, 0.2) is 5.13 Å². The minimum Gasteiger partial charge on any atom is -0.477 e. The molecule has 1 saturated heterocycles. The summed E-state index contributed by atoms with van der Waals surface area (Å²) in [6.07, 6.45) is 0.193. The average Bonchev–Trinajstić information content (AvgIpc) is 3.25. The number of hydrogen-bond acceptors (Lipinski definition) is 7. The first-order valence-corrected chi connectivity index (χ1v) is 10.3. The van der Waals surface area contributed by atoms with E-state index in [1.165, 1.54) is 0 Å². The van der Waals surface area contributed by atoms with Gasteiger partial charge in [0.25, 0.3) is 5.91 Å². The molecule has 0 aromatic carbocycles. The molecule has 3 heterocycles. The molecule has 1 aliphatic heterocycles. The van der Waals surface area contributed by atoms with Gasteiger partial charge in [0, 0.05) is 25.9 Å². The number of H-pyrrole nitrogens is 1. The summed E-state index contributed by atoms with van der Waals surface area (Å²) in [5, 5.41) is 22.5. The molecule has 1 amide bonds. The molecule has 1 fully saturated rings. The van der Waals surface area contributed by atoms with E-state index in [9.17, 15) is 19.8 Å². The molecule has 29 heavy (non-hydrogen) atoms. The van der Waals surface area contributed by atoms with Crippen LogP contribution < -0.4 is 10.2 Å². The van der Waals surface area contributed by atoms with Gasteiger partial charge in [-0.1, -0.05) is 34.5 Å². The lowest BCUT2D eigenvalue weighted by Gasteiger charge is -2.37. The van der Waals surface area contributed by atoms with E-state index >= 15 is 0 Å². The second kappa shape index (κ2) is 8.88. The van der Waals surface area contributed by atoms with Crippen LogP contribution in [0.25, 0.3) is 0 Å². The summed E-state index contributed by atoms with van der Waals surface area (Å²) in [6, 6.07) is -0.279. The number of ether oxygens (including phenoxy) is 1. The van der Waals surface area contributed by atoms with Crippen LogP contribution in [0.4, 0.5) is 5.13 Å². The monoisotopic (exact) mass is 462 g/mol. The number of rotatable bonds is 6. The number of carbonyl (C=O) groups excluding carboxylic acids is 1. The number of thiazole rings is 1. The lowest BCUT2D eigenvalue weighted by atomic mass is 10.0. The number of aliphatic hydroxyl groups is 1. The van der Waals surface area contributed by atoms with E-state index in [4.69, 9.17) is 27.9 Å². The van der Waals surface area contributed by atoms with Crippen molar-refractivity contribution in [2.75, 3.05) is 25.1 Å². The van der Waals surface area contributed by atoms with Crippen molar-refractivity contribution >= 4 is 51.5 Å². The van der Waals surface area contributed by atoms with E-state index < -0.39 is 12.6 Å². The minimum absolute atomic E-state index is 0.0144. The summed E-state index contributed by atoms with van der Waals surface area (Å²) in [5.74, 6) is -1.50. The van der Waals surface area contributed by atoms with E-state index in [-0.39, 0.29) is 39.3 Å². The van der Waals surface area contributed by atoms with Gasteiger partial charge in [0.1, 0.15) is 10.6 Å². The van der Waals surface area contributed by atoms with Crippen molar-refractivity contribution in [2.45, 2.75) is 32.1 Å². The quantitative estimate of drug-likeness (QED) is 0.518. The molecule has 2 atom stereocenters. The first-order chi connectivity index (χ1) is 13.8. The van der Waals surface area contributed by atoms with Crippen molar-refractivity contribution in [1.29, 1.82) is 0 Å². The lowest BCUT2D eigenvalue weighted by Crippen LogP contribution is -2.55. The number of aromatic amines is 1. The zero-order chi connectivity index (χ0) is 21.3. The van der Waals surface area contributed by atoms with Crippen LogP contribution in [0, 0.1) is 6.92 Å². The topological polar surface area (TPSA) is 128 Å². The van der Waals surface area contributed by atoms with E-state index in [1.807, 2.05) is 4.90 Å². The highest BCUT2D eigenvalue weighted by atomic mass is 35.5. The van der Waals surface area contributed by atoms with Crippen LogP contribution >= 0.6 is 34.5 Å². The maximum atomic E-state index is 12.6. The predicted molar refractivity (Wildman–Crippen MR) is 109 cm³/mol. The van der Waals surface area contributed by atoms with Crippen molar-refractivity contribution in [1.82, 2.24) is 15.3 Å². The largest absolute Gasteiger partial charge is 0.477 e. The fraction of sp³-hybridized carbons (Fsp3) is 0.471. The molecule has 4 N–H and O–H groups in total. The number of hydrogen-bond donors (Lipinski definition) is 4. The number of aliphatic hydroxyl groups excluding tert-OH is 1. The number of nitrogens with zero attached hydrogens (tertiary/aromatic N) is 2. The molecule has 12 heteroatoms. The summed E-state index contributed by atoms with van der Waals surface area (Å²) in [7, 11) is 1.54. The van der Waals surface area contributed by atoms with Crippen LogP contribution in [-0.2, 0) is 11.3 Å². The smallest absolute Gasteiger partial charge is 0.347 e. The third-order valence-corrected chi connectivity index (χ3v) is 6.85. The second-order valence-electron chi connectivity index (χ2n) is 6.58. The van der Waals surface area contributed by atoms with E-state index in [0.717, 1.165) is 11.3 Å². The van der Waals surface area contributed by atoms with Crippen LogP contribution in [-0.4, -0.2) is 64.4 Å². The number of aromatic nitrogens is 2. The molecule has 158 valence electrons. The minimum atomic E-state index is -1.12. The Morgan fingerprint density at radius 2 is 2.14 bits per heavy atom. The maximum absolute atomic E-state index is 12.6. The fourth-order valence-electron chi connectivity index (χ4n) is 3.21. The van der Waals surface area contributed by atoms with Gasteiger partial charge in [0.2, 0.25) is 0 Å². The number of piperidine rings is 1. The highest BCUT2D eigenvalue weighted by molar-refractivity contribution is 7.17. The first kappa shape index (κ1) is 21.8. The number of anilines is 1. The number of amides is 1. The Balaban J connectivity index is 1.72. The molecule has 1 aliphatic rings. The first-order valence-electron chi connectivity index (χ1n) is 8.72. The number of methoxy groups -OCH3 is 1. The van der Waals surface area contributed by atoms with Gasteiger partial charge < -0.3 is 30.2 Å². The molecule has 0 bridgehead atoms. The van der Waals surface area contributed by atoms with E-state index in [1.54, 1.807) is 14.0 Å². The number of carboxylic acid groups (broad SMARTS) is 1. The van der Waals surface area contributed by atoms with Crippen molar-refractivity contribution < 1.29 is 24.5 Å². The Morgan fingerprint density at radius 3 is 2.66 bits per heavy atom. The molecule has 0 spiro atoms. The fourth-order valence-corrected chi connectivity index (χ4v) is 4.58. The van der Waals surface area contributed by atoms with Gasteiger partial charge in [0.05, 0.1) is 34.5 Å². The Labute approximate surface area is 180 Å². The van der Waals surface area contributed by atoms with Gasteiger partial charge in [-0.15, -0.1) is 0 Å². The third kappa shape index (κ3) is 4.36. The lowest BCUT2D eigenvalue weighted by molar-refractivity contribution is 0.0540.